The van der Waals surface area contributed by atoms with Gasteiger partial charge in [-0.3, -0.25) is 4.79 Å². The van der Waals surface area contributed by atoms with Crippen molar-refractivity contribution in [3.05, 3.63) is 47.9 Å². The number of rotatable bonds is 6. The summed E-state index contributed by atoms with van der Waals surface area (Å²) in [6.45, 7) is 2.86. The number of hydrogen-bond donors (Lipinski definition) is 4. The lowest BCUT2D eigenvalue weighted by Gasteiger charge is -2.39. The second kappa shape index (κ2) is 11.7. The van der Waals surface area contributed by atoms with E-state index < -0.39 is 29.4 Å². The van der Waals surface area contributed by atoms with E-state index in [1.807, 2.05) is 4.90 Å². The number of pyridine rings is 2. The zero-order valence-electron chi connectivity index (χ0n) is 23.4. The van der Waals surface area contributed by atoms with E-state index in [1.165, 1.54) is 12.3 Å². The summed E-state index contributed by atoms with van der Waals surface area (Å²) in [6.07, 6.45) is -1.51. The predicted molar refractivity (Wildman–Crippen MR) is 153 cm³/mol. The molecule has 0 spiro atoms. The molecule has 5 N–H and O–H groups in total. The number of hydrogen-bond acceptors (Lipinski definition) is 10. The van der Waals surface area contributed by atoms with Crippen molar-refractivity contribution in [3.63, 3.8) is 0 Å². The number of carbonyl (C=O) groups is 2. The van der Waals surface area contributed by atoms with Crippen LogP contribution in [0.4, 0.5) is 41.1 Å². The summed E-state index contributed by atoms with van der Waals surface area (Å²) in [5.41, 5.74) is 4.46. The van der Waals surface area contributed by atoms with Gasteiger partial charge in [0, 0.05) is 38.4 Å². The van der Waals surface area contributed by atoms with E-state index in [-0.39, 0.29) is 40.9 Å². The molecule has 5 heterocycles. The Morgan fingerprint density at radius 3 is 2.43 bits per heavy atom. The van der Waals surface area contributed by atoms with E-state index in [9.17, 15) is 27.9 Å². The molecule has 0 unspecified atom stereocenters. The summed E-state index contributed by atoms with van der Waals surface area (Å²) >= 11 is 0. The van der Waals surface area contributed by atoms with E-state index in [0.29, 0.717) is 50.9 Å². The van der Waals surface area contributed by atoms with Crippen LogP contribution in [0.15, 0.2) is 36.7 Å². The van der Waals surface area contributed by atoms with Crippen molar-refractivity contribution in [2.45, 2.75) is 25.1 Å². The van der Waals surface area contributed by atoms with Crippen LogP contribution in [0, 0.1) is 11.8 Å². The largest absolute Gasteiger partial charge is 0.465 e. The van der Waals surface area contributed by atoms with Crippen molar-refractivity contribution < 1.29 is 32.6 Å². The molecule has 3 fully saturated rings. The van der Waals surface area contributed by atoms with Gasteiger partial charge >= 0.3 is 12.3 Å². The third-order valence-electron chi connectivity index (χ3n) is 8.26. The molecule has 2 bridgehead atoms. The molecule has 16 heteroatoms. The minimum Gasteiger partial charge on any atom is -0.465 e. The van der Waals surface area contributed by atoms with Crippen molar-refractivity contribution in [3.8, 4) is 11.4 Å². The van der Waals surface area contributed by atoms with Gasteiger partial charge in [-0.1, -0.05) is 0 Å². The maximum absolute atomic E-state index is 14.0. The number of ether oxygens (including phenoxy) is 1. The van der Waals surface area contributed by atoms with E-state index in [2.05, 4.69) is 30.6 Å². The highest BCUT2D eigenvalue weighted by atomic mass is 19.4. The van der Waals surface area contributed by atoms with Gasteiger partial charge in [-0.15, -0.1) is 0 Å². The highest BCUT2D eigenvalue weighted by Gasteiger charge is 2.43. The summed E-state index contributed by atoms with van der Waals surface area (Å²) in [7, 11) is 0. The number of fused-ring (bicyclic) bond motifs is 2. The molecule has 1 aliphatic carbocycles. The summed E-state index contributed by atoms with van der Waals surface area (Å²) < 4.78 is 47.4. The van der Waals surface area contributed by atoms with Crippen LogP contribution in [0.25, 0.3) is 11.4 Å². The van der Waals surface area contributed by atoms with Crippen LogP contribution < -0.4 is 26.2 Å². The topological polar surface area (TPSA) is 172 Å². The molecule has 3 aliphatic rings. The van der Waals surface area contributed by atoms with E-state index in [0.717, 1.165) is 25.1 Å². The number of halogens is 3. The fourth-order valence-electron chi connectivity index (χ4n) is 6.23. The van der Waals surface area contributed by atoms with Crippen LogP contribution in [-0.2, 0) is 10.9 Å². The van der Waals surface area contributed by atoms with E-state index in [1.54, 1.807) is 17.0 Å². The summed E-state index contributed by atoms with van der Waals surface area (Å²) in [5.74, 6) is -0.377. The Bertz CT molecular complexity index is 1550. The van der Waals surface area contributed by atoms with Crippen LogP contribution in [0.1, 0.15) is 28.9 Å². The number of carbonyl (C=O) groups excluding carboxylic acids is 1. The Labute approximate surface area is 249 Å². The number of nitrogens with one attached hydrogen (secondary N) is 2. The number of morpholine rings is 1. The number of aromatic nitrogens is 4. The molecule has 0 aromatic carbocycles. The fourth-order valence-corrected chi connectivity index (χ4v) is 6.23. The van der Waals surface area contributed by atoms with Gasteiger partial charge in [-0.2, -0.15) is 13.2 Å². The Morgan fingerprint density at radius 2 is 1.75 bits per heavy atom. The highest BCUT2D eigenvalue weighted by molar-refractivity contribution is 6.06. The second-order valence-corrected chi connectivity index (χ2v) is 11.0. The molecule has 2 amide bonds. The SMILES string of the molecule is Nc1ncc(-c2nc(N3CCOCC3)ccc2C(F)(F)F)nc1C(=O)Nc1ncccc1N1C[C@H]2CC[C@@H](C1)[C@H]2NC(=O)O. The Hall–Kier alpha value is -4.73. The average Bonchev–Trinajstić information content (AvgIpc) is 3.22. The van der Waals surface area contributed by atoms with Crippen molar-refractivity contribution in [2.75, 3.05) is 60.2 Å². The summed E-state index contributed by atoms with van der Waals surface area (Å²) in [5, 5.41) is 14.6. The molecule has 3 atom stereocenters. The fraction of sp³-hybridized carbons (Fsp3) is 0.429. The number of nitrogens with zero attached hydrogens (tertiary/aromatic N) is 6. The number of carboxylic acid groups (broad SMARTS) is 1. The number of alkyl halides is 3. The summed E-state index contributed by atoms with van der Waals surface area (Å²) in [4.78, 5) is 45.4. The second-order valence-electron chi connectivity index (χ2n) is 11.0. The van der Waals surface area contributed by atoms with Crippen molar-refractivity contribution in [1.29, 1.82) is 0 Å². The first-order valence-electron chi connectivity index (χ1n) is 14.1. The van der Waals surface area contributed by atoms with Gasteiger partial charge in [0.1, 0.15) is 17.2 Å². The van der Waals surface area contributed by atoms with Gasteiger partial charge < -0.3 is 36.0 Å². The van der Waals surface area contributed by atoms with Crippen LogP contribution >= 0.6 is 0 Å². The monoisotopic (exact) mass is 613 g/mol. The average molecular weight is 614 g/mol. The molecular weight excluding hydrogens is 583 g/mol. The molecule has 232 valence electrons. The van der Waals surface area contributed by atoms with Crippen molar-refractivity contribution in [1.82, 2.24) is 25.3 Å². The smallest absolute Gasteiger partial charge is 0.418 e. The minimum atomic E-state index is -4.74. The molecule has 2 aliphatic heterocycles. The van der Waals surface area contributed by atoms with Crippen LogP contribution in [0.2, 0.25) is 0 Å². The lowest BCUT2D eigenvalue weighted by molar-refractivity contribution is -0.137. The van der Waals surface area contributed by atoms with E-state index in [4.69, 9.17) is 10.5 Å². The third kappa shape index (κ3) is 5.89. The first kappa shape index (κ1) is 29.3. The maximum Gasteiger partial charge on any atom is 0.418 e. The van der Waals surface area contributed by atoms with Crippen molar-refractivity contribution >= 4 is 35.1 Å². The number of amides is 2. The normalized spacial score (nSPS) is 21.7. The lowest BCUT2D eigenvalue weighted by Crippen LogP contribution is -2.52. The molecular formula is C28H30F3N9O4. The van der Waals surface area contributed by atoms with Gasteiger partial charge in [0.15, 0.2) is 17.3 Å². The molecule has 13 nitrogen and oxygen atoms in total. The number of anilines is 4. The maximum atomic E-state index is 14.0. The first-order chi connectivity index (χ1) is 21.1. The summed E-state index contributed by atoms with van der Waals surface area (Å²) in [6, 6.07) is 5.59. The molecule has 3 aromatic rings. The zero-order chi connectivity index (χ0) is 31.0. The molecule has 44 heavy (non-hydrogen) atoms. The Kier molecular flexibility index (Phi) is 7.84. The van der Waals surface area contributed by atoms with E-state index >= 15 is 0 Å². The Morgan fingerprint density at radius 1 is 1.02 bits per heavy atom. The Balaban J connectivity index is 1.28. The van der Waals surface area contributed by atoms with Crippen LogP contribution in [0.3, 0.4) is 0 Å². The standard InChI is InChI=1S/C28H30F3N9O4/c29-28(30,31)17-5-6-20(39-8-10-44-11-9-39)36-22(17)18-12-34-24(32)23(35-18)26(41)38-25-19(2-1-7-33-25)40-13-15-3-4-16(14-40)21(15)37-27(42)43/h1-2,5-7,12,15-16,21,37H,3-4,8-11,13-14H2,(H2,32,34)(H,42,43)(H,33,38,41)/t15-,16+,21+. The zero-order valence-corrected chi connectivity index (χ0v) is 23.4. The number of nitrogens with two attached hydrogens (primary N) is 1. The van der Waals surface area contributed by atoms with Crippen LogP contribution in [-0.4, -0.2) is 82.5 Å². The van der Waals surface area contributed by atoms with Gasteiger partial charge in [-0.25, -0.2) is 24.7 Å². The molecule has 2 saturated heterocycles. The van der Waals surface area contributed by atoms with Gasteiger partial charge in [-0.05, 0) is 48.9 Å². The predicted octanol–water partition coefficient (Wildman–Crippen LogP) is 3.11. The lowest BCUT2D eigenvalue weighted by atomic mass is 9.92. The molecule has 1 saturated carbocycles. The van der Waals surface area contributed by atoms with Gasteiger partial charge in [0.25, 0.3) is 5.91 Å². The highest BCUT2D eigenvalue weighted by Crippen LogP contribution is 2.40. The third-order valence-corrected chi connectivity index (χ3v) is 8.26. The quantitative estimate of drug-likeness (QED) is 0.322. The van der Waals surface area contributed by atoms with Crippen LogP contribution in [0.5, 0.6) is 0 Å². The number of piperidine rings is 1. The number of nitrogen functional groups attached to an aromatic ring is 1. The van der Waals surface area contributed by atoms with Gasteiger partial charge in [0.05, 0.1) is 30.7 Å². The minimum absolute atomic E-state index is 0.0929. The molecule has 6 rings (SSSR count). The molecule has 0 radical (unpaired) electrons. The molecule has 3 aromatic heterocycles. The van der Waals surface area contributed by atoms with Crippen molar-refractivity contribution in [2.24, 2.45) is 11.8 Å². The van der Waals surface area contributed by atoms with Gasteiger partial charge in [0.2, 0.25) is 0 Å². The first-order valence-corrected chi connectivity index (χ1v) is 14.1.